The standard InChI is InChI=1S/C9H21N3O/c1-2-3-4-5-6-7-8-11-12-9(10)13/h11H,2-8H2,1H3,(H3,10,12,13). The molecule has 0 saturated heterocycles. The third-order valence-corrected chi connectivity index (χ3v) is 1.87. The molecule has 0 aliphatic rings. The first-order chi connectivity index (χ1) is 6.27. The van der Waals surface area contributed by atoms with Crippen LogP contribution in [-0.4, -0.2) is 12.6 Å². The third-order valence-electron chi connectivity index (χ3n) is 1.87. The number of carbonyl (C=O) groups is 1. The van der Waals surface area contributed by atoms with E-state index in [1.807, 2.05) is 0 Å². The summed E-state index contributed by atoms with van der Waals surface area (Å²) in [4.78, 5) is 10.2. The molecule has 0 aliphatic heterocycles. The fourth-order valence-electron chi connectivity index (χ4n) is 1.14. The maximum Gasteiger partial charge on any atom is 0.326 e. The van der Waals surface area contributed by atoms with Gasteiger partial charge < -0.3 is 5.73 Å². The zero-order chi connectivity index (χ0) is 9.94. The highest BCUT2D eigenvalue weighted by molar-refractivity contribution is 5.70. The van der Waals surface area contributed by atoms with Gasteiger partial charge in [-0.3, -0.25) is 5.43 Å². The van der Waals surface area contributed by atoms with Gasteiger partial charge >= 0.3 is 6.03 Å². The van der Waals surface area contributed by atoms with E-state index >= 15 is 0 Å². The van der Waals surface area contributed by atoms with Gasteiger partial charge in [0.25, 0.3) is 0 Å². The summed E-state index contributed by atoms with van der Waals surface area (Å²) in [5, 5.41) is 0. The van der Waals surface area contributed by atoms with Crippen molar-refractivity contribution in [1.82, 2.24) is 10.9 Å². The summed E-state index contributed by atoms with van der Waals surface area (Å²) < 4.78 is 0. The molecule has 0 aromatic heterocycles. The molecule has 0 saturated carbocycles. The summed E-state index contributed by atoms with van der Waals surface area (Å²) >= 11 is 0. The minimum atomic E-state index is -0.522. The smallest absolute Gasteiger partial charge is 0.326 e. The number of hydrogen-bond acceptors (Lipinski definition) is 2. The third kappa shape index (κ3) is 11.2. The molecule has 4 heteroatoms. The highest BCUT2D eigenvalue weighted by Crippen LogP contribution is 2.03. The minimum absolute atomic E-state index is 0.522. The van der Waals surface area contributed by atoms with E-state index in [2.05, 4.69) is 17.8 Å². The van der Waals surface area contributed by atoms with E-state index in [4.69, 9.17) is 5.73 Å². The Morgan fingerprint density at radius 2 is 1.77 bits per heavy atom. The number of nitrogens with one attached hydrogen (secondary N) is 2. The van der Waals surface area contributed by atoms with Gasteiger partial charge in [0.05, 0.1) is 0 Å². The number of rotatable bonds is 8. The number of hydrogen-bond donors (Lipinski definition) is 3. The van der Waals surface area contributed by atoms with E-state index in [0.717, 1.165) is 13.0 Å². The molecule has 2 amide bonds. The minimum Gasteiger partial charge on any atom is -0.351 e. The number of amides is 2. The molecule has 0 aliphatic carbocycles. The second-order valence-corrected chi connectivity index (χ2v) is 3.18. The fourth-order valence-corrected chi connectivity index (χ4v) is 1.14. The van der Waals surface area contributed by atoms with Crippen LogP contribution in [0.1, 0.15) is 45.4 Å². The topological polar surface area (TPSA) is 67.2 Å². The van der Waals surface area contributed by atoms with Crippen LogP contribution in [0.5, 0.6) is 0 Å². The van der Waals surface area contributed by atoms with Crippen molar-refractivity contribution < 1.29 is 4.79 Å². The zero-order valence-electron chi connectivity index (χ0n) is 8.44. The lowest BCUT2D eigenvalue weighted by atomic mass is 10.1. The van der Waals surface area contributed by atoms with Crippen LogP contribution in [-0.2, 0) is 0 Å². The largest absolute Gasteiger partial charge is 0.351 e. The molecule has 4 N–H and O–H groups in total. The number of hydrazine groups is 1. The number of nitrogens with two attached hydrogens (primary N) is 1. The van der Waals surface area contributed by atoms with Gasteiger partial charge in [-0.15, -0.1) is 0 Å². The van der Waals surface area contributed by atoms with Crippen LogP contribution in [0.25, 0.3) is 0 Å². The maximum absolute atomic E-state index is 10.2. The van der Waals surface area contributed by atoms with Crippen molar-refractivity contribution in [3.63, 3.8) is 0 Å². The van der Waals surface area contributed by atoms with Crippen molar-refractivity contribution in [3.8, 4) is 0 Å². The van der Waals surface area contributed by atoms with Crippen molar-refractivity contribution in [2.75, 3.05) is 6.54 Å². The first kappa shape index (κ1) is 12.2. The molecule has 0 rings (SSSR count). The Bertz CT molecular complexity index is 128. The molecule has 0 radical (unpaired) electrons. The summed E-state index contributed by atoms with van der Waals surface area (Å²) in [6.07, 6.45) is 7.51. The maximum atomic E-state index is 10.2. The Morgan fingerprint density at radius 3 is 2.38 bits per heavy atom. The Morgan fingerprint density at radius 1 is 1.15 bits per heavy atom. The average molecular weight is 187 g/mol. The highest BCUT2D eigenvalue weighted by Gasteiger charge is 1.91. The van der Waals surface area contributed by atoms with Crippen LogP contribution in [0.4, 0.5) is 4.79 Å². The van der Waals surface area contributed by atoms with Gasteiger partial charge in [0.15, 0.2) is 0 Å². The summed E-state index contributed by atoms with van der Waals surface area (Å²) in [6.45, 7) is 3.01. The number of primary amides is 1. The molecule has 0 unspecified atom stereocenters. The Balaban J connectivity index is 2.87. The molecule has 13 heavy (non-hydrogen) atoms. The predicted molar refractivity (Wildman–Crippen MR) is 54.1 cm³/mol. The number of urea groups is 1. The normalized spacial score (nSPS) is 9.92. The zero-order valence-corrected chi connectivity index (χ0v) is 8.44. The van der Waals surface area contributed by atoms with Crippen molar-refractivity contribution in [2.24, 2.45) is 5.73 Å². The van der Waals surface area contributed by atoms with Gasteiger partial charge in [-0.25, -0.2) is 10.2 Å². The molecule has 4 nitrogen and oxygen atoms in total. The summed E-state index contributed by atoms with van der Waals surface area (Å²) in [6, 6.07) is -0.522. The fraction of sp³-hybridized carbons (Fsp3) is 0.889. The summed E-state index contributed by atoms with van der Waals surface area (Å²) in [5.41, 5.74) is 9.95. The van der Waals surface area contributed by atoms with Crippen molar-refractivity contribution in [3.05, 3.63) is 0 Å². The monoisotopic (exact) mass is 187 g/mol. The predicted octanol–water partition coefficient (Wildman–Crippen LogP) is 1.52. The van der Waals surface area contributed by atoms with Crippen LogP contribution in [0.3, 0.4) is 0 Å². The van der Waals surface area contributed by atoms with Gasteiger partial charge in [0.2, 0.25) is 0 Å². The van der Waals surface area contributed by atoms with E-state index in [-0.39, 0.29) is 0 Å². The molecule has 0 atom stereocenters. The number of carbonyl (C=O) groups excluding carboxylic acids is 1. The van der Waals surface area contributed by atoms with Crippen molar-refractivity contribution >= 4 is 6.03 Å². The molecule has 78 valence electrons. The summed E-state index contributed by atoms with van der Waals surface area (Å²) in [7, 11) is 0. The van der Waals surface area contributed by atoms with Gasteiger partial charge in [-0.1, -0.05) is 39.0 Å². The van der Waals surface area contributed by atoms with E-state index in [1.165, 1.54) is 32.1 Å². The van der Waals surface area contributed by atoms with Gasteiger partial charge in [0, 0.05) is 6.54 Å². The lowest BCUT2D eigenvalue weighted by Crippen LogP contribution is -2.41. The lowest BCUT2D eigenvalue weighted by Gasteiger charge is -2.03. The second kappa shape index (κ2) is 9.32. The van der Waals surface area contributed by atoms with E-state index < -0.39 is 6.03 Å². The van der Waals surface area contributed by atoms with E-state index in [0.29, 0.717) is 0 Å². The van der Waals surface area contributed by atoms with Gasteiger partial charge in [0.1, 0.15) is 0 Å². The molecule has 0 bridgehead atoms. The van der Waals surface area contributed by atoms with Crippen molar-refractivity contribution in [1.29, 1.82) is 0 Å². The second-order valence-electron chi connectivity index (χ2n) is 3.18. The van der Waals surface area contributed by atoms with Gasteiger partial charge in [-0.2, -0.15) is 0 Å². The Hall–Kier alpha value is -0.770. The SMILES string of the molecule is CCCCCCCCNNC(N)=O. The van der Waals surface area contributed by atoms with Crippen LogP contribution in [0, 0.1) is 0 Å². The van der Waals surface area contributed by atoms with Crippen molar-refractivity contribution in [2.45, 2.75) is 45.4 Å². The molecule has 0 heterocycles. The van der Waals surface area contributed by atoms with E-state index in [9.17, 15) is 4.79 Å². The molecular formula is C9H21N3O. The lowest BCUT2D eigenvalue weighted by molar-refractivity contribution is 0.244. The quantitative estimate of drug-likeness (QED) is 0.398. The highest BCUT2D eigenvalue weighted by atomic mass is 16.2. The molecule has 0 fully saturated rings. The Labute approximate surface area is 80.2 Å². The van der Waals surface area contributed by atoms with Gasteiger partial charge in [-0.05, 0) is 6.42 Å². The first-order valence-electron chi connectivity index (χ1n) is 5.05. The molecule has 0 aromatic rings. The molecular weight excluding hydrogens is 166 g/mol. The van der Waals surface area contributed by atoms with E-state index in [1.54, 1.807) is 0 Å². The first-order valence-corrected chi connectivity index (χ1v) is 5.05. The van der Waals surface area contributed by atoms with Crippen LogP contribution >= 0.6 is 0 Å². The summed E-state index contributed by atoms with van der Waals surface area (Å²) in [5.74, 6) is 0. The van der Waals surface area contributed by atoms with Crippen LogP contribution in [0.2, 0.25) is 0 Å². The average Bonchev–Trinajstić information content (AvgIpc) is 2.09. The Kier molecular flexibility index (Phi) is 8.77. The van der Waals surface area contributed by atoms with Crippen LogP contribution in [0.15, 0.2) is 0 Å². The van der Waals surface area contributed by atoms with Crippen LogP contribution < -0.4 is 16.6 Å². The molecule has 0 aromatic carbocycles. The molecule has 0 spiro atoms. The number of unbranched alkanes of at least 4 members (excludes halogenated alkanes) is 5.